The van der Waals surface area contributed by atoms with Gasteiger partial charge in [-0.1, -0.05) is 54.2 Å². The van der Waals surface area contributed by atoms with Crippen molar-refractivity contribution in [2.45, 2.75) is 25.1 Å². The van der Waals surface area contributed by atoms with Crippen molar-refractivity contribution >= 4 is 17.5 Å². The molecule has 4 rings (SSSR count). The predicted octanol–water partition coefficient (Wildman–Crippen LogP) is 4.09. The van der Waals surface area contributed by atoms with Crippen molar-refractivity contribution in [3.05, 3.63) is 60.2 Å². The Hall–Kier alpha value is -2.60. The van der Waals surface area contributed by atoms with Crippen LogP contribution in [0.2, 0.25) is 0 Å². The van der Waals surface area contributed by atoms with Gasteiger partial charge in [0.1, 0.15) is 5.75 Å². The molecule has 1 aromatic heterocycles. The summed E-state index contributed by atoms with van der Waals surface area (Å²) >= 11 is 1.64. The first-order valence-electron chi connectivity index (χ1n) is 8.20. The second-order valence-electron chi connectivity index (χ2n) is 5.98. The van der Waals surface area contributed by atoms with Crippen LogP contribution in [-0.4, -0.2) is 32.4 Å². The Balaban J connectivity index is 1.79. The van der Waals surface area contributed by atoms with Crippen molar-refractivity contribution in [2.24, 2.45) is 5.10 Å². The lowest BCUT2D eigenvalue weighted by Crippen LogP contribution is -2.14. The van der Waals surface area contributed by atoms with E-state index < -0.39 is 0 Å². The molecule has 0 atom stereocenters. The quantitative estimate of drug-likeness (QED) is 0.711. The van der Waals surface area contributed by atoms with Crippen molar-refractivity contribution in [3.8, 4) is 17.1 Å². The normalized spacial score (nSPS) is 13.5. The van der Waals surface area contributed by atoms with Crippen LogP contribution >= 0.6 is 11.8 Å². The molecule has 5 nitrogen and oxygen atoms in total. The molecule has 6 heteroatoms. The molecule has 0 fully saturated rings. The zero-order valence-electron chi connectivity index (χ0n) is 14.1. The first kappa shape index (κ1) is 15.9. The molecule has 0 N–H and O–H groups in total. The number of benzene rings is 2. The fourth-order valence-corrected chi connectivity index (χ4v) is 3.51. The van der Waals surface area contributed by atoms with Gasteiger partial charge in [-0.05, 0) is 31.5 Å². The third kappa shape index (κ3) is 3.17. The van der Waals surface area contributed by atoms with E-state index in [2.05, 4.69) is 22.3 Å². The van der Waals surface area contributed by atoms with Gasteiger partial charge in [0.25, 0.3) is 0 Å². The Labute approximate surface area is 150 Å². The van der Waals surface area contributed by atoms with Crippen molar-refractivity contribution in [2.75, 3.05) is 5.75 Å². The number of fused-ring (bicyclic) bond motifs is 1. The smallest absolute Gasteiger partial charge is 0.212 e. The summed E-state index contributed by atoms with van der Waals surface area (Å²) in [5.74, 6) is 2.28. The van der Waals surface area contributed by atoms with Gasteiger partial charge in [-0.3, -0.25) is 0 Å². The van der Waals surface area contributed by atoms with E-state index in [4.69, 9.17) is 9.84 Å². The molecule has 1 aliphatic rings. The summed E-state index contributed by atoms with van der Waals surface area (Å²) in [5, 5.41) is 14.3. The number of hydrogen-bond acceptors (Lipinski definition) is 5. The lowest BCUT2D eigenvalue weighted by molar-refractivity contribution is 0.243. The van der Waals surface area contributed by atoms with Crippen LogP contribution < -0.4 is 4.74 Å². The summed E-state index contributed by atoms with van der Waals surface area (Å²) in [6.45, 7) is 4.02. The van der Waals surface area contributed by atoms with E-state index in [0.29, 0.717) is 5.82 Å². The van der Waals surface area contributed by atoms with E-state index in [0.717, 1.165) is 33.5 Å². The highest BCUT2D eigenvalue weighted by atomic mass is 32.2. The van der Waals surface area contributed by atoms with E-state index in [1.165, 1.54) is 0 Å². The molecule has 0 saturated carbocycles. The second-order valence-corrected chi connectivity index (χ2v) is 6.92. The van der Waals surface area contributed by atoms with E-state index in [-0.39, 0.29) is 6.10 Å². The van der Waals surface area contributed by atoms with Crippen LogP contribution in [0, 0.1) is 0 Å². The second kappa shape index (κ2) is 6.72. The van der Waals surface area contributed by atoms with Crippen molar-refractivity contribution in [1.29, 1.82) is 0 Å². The molecular weight excluding hydrogens is 332 g/mol. The summed E-state index contributed by atoms with van der Waals surface area (Å²) in [6.07, 6.45) is 0.0858. The minimum atomic E-state index is 0.0858. The van der Waals surface area contributed by atoms with Crippen molar-refractivity contribution in [1.82, 2.24) is 14.9 Å². The van der Waals surface area contributed by atoms with E-state index in [9.17, 15) is 0 Å². The minimum Gasteiger partial charge on any atom is -0.490 e. The SMILES string of the molecule is CC(C)Oc1ccccc1-c1nnc2n1N=C(c1ccccc1)CS2. The average Bonchev–Trinajstić information content (AvgIpc) is 3.05. The van der Waals surface area contributed by atoms with Gasteiger partial charge in [0.2, 0.25) is 5.16 Å². The largest absolute Gasteiger partial charge is 0.490 e. The van der Waals surface area contributed by atoms with Gasteiger partial charge in [-0.25, -0.2) is 0 Å². The highest BCUT2D eigenvalue weighted by Crippen LogP contribution is 2.33. The molecule has 0 saturated heterocycles. The molecule has 0 bridgehead atoms. The summed E-state index contributed by atoms with van der Waals surface area (Å²) in [5.41, 5.74) is 3.03. The first-order chi connectivity index (χ1) is 12.2. The Morgan fingerprint density at radius 3 is 2.56 bits per heavy atom. The zero-order valence-corrected chi connectivity index (χ0v) is 14.9. The van der Waals surface area contributed by atoms with Crippen molar-refractivity contribution < 1.29 is 4.74 Å². The standard InChI is InChI=1S/C19H18N4OS/c1-13(2)24-17-11-7-6-10-15(17)18-20-21-19-23(18)22-16(12-25-19)14-8-4-3-5-9-14/h3-11,13H,12H2,1-2H3. The fraction of sp³-hybridized carbons (Fsp3) is 0.211. The van der Waals surface area contributed by atoms with Gasteiger partial charge < -0.3 is 4.74 Å². The van der Waals surface area contributed by atoms with Gasteiger partial charge in [0.05, 0.1) is 17.4 Å². The molecule has 2 aromatic carbocycles. The fourth-order valence-electron chi connectivity index (χ4n) is 2.68. The number of rotatable bonds is 4. The van der Waals surface area contributed by atoms with E-state index in [1.54, 1.807) is 11.8 Å². The highest BCUT2D eigenvalue weighted by molar-refractivity contribution is 7.99. The molecule has 0 amide bonds. The Morgan fingerprint density at radius 1 is 1.00 bits per heavy atom. The Bertz CT molecular complexity index is 918. The molecule has 2 heterocycles. The van der Waals surface area contributed by atoms with Gasteiger partial charge in [0.15, 0.2) is 5.82 Å². The van der Waals surface area contributed by atoms with E-state index in [1.807, 2.05) is 61.0 Å². The summed E-state index contributed by atoms with van der Waals surface area (Å²) < 4.78 is 7.75. The van der Waals surface area contributed by atoms with Crippen LogP contribution in [0.15, 0.2) is 64.9 Å². The zero-order chi connectivity index (χ0) is 17.2. The highest BCUT2D eigenvalue weighted by Gasteiger charge is 2.22. The molecule has 25 heavy (non-hydrogen) atoms. The van der Waals surface area contributed by atoms with Crippen LogP contribution in [0.4, 0.5) is 0 Å². The Kier molecular flexibility index (Phi) is 4.28. The molecule has 3 aromatic rings. The number of thioether (sulfide) groups is 1. The monoisotopic (exact) mass is 350 g/mol. The third-order valence-electron chi connectivity index (χ3n) is 3.77. The van der Waals surface area contributed by atoms with Gasteiger partial charge in [-0.2, -0.15) is 9.78 Å². The lowest BCUT2D eigenvalue weighted by Gasteiger charge is -2.16. The maximum absolute atomic E-state index is 5.94. The number of hydrogen-bond donors (Lipinski definition) is 0. The first-order valence-corrected chi connectivity index (χ1v) is 9.18. The lowest BCUT2D eigenvalue weighted by atomic mass is 10.1. The van der Waals surface area contributed by atoms with Crippen LogP contribution in [0.1, 0.15) is 19.4 Å². The van der Waals surface area contributed by atoms with Crippen LogP contribution in [0.3, 0.4) is 0 Å². The molecule has 0 aliphatic carbocycles. The third-order valence-corrected chi connectivity index (χ3v) is 4.70. The molecular formula is C19H18N4OS. The topological polar surface area (TPSA) is 52.3 Å². The number of ether oxygens (including phenoxy) is 1. The molecule has 126 valence electrons. The predicted molar refractivity (Wildman–Crippen MR) is 100 cm³/mol. The number of para-hydroxylation sites is 1. The van der Waals surface area contributed by atoms with E-state index >= 15 is 0 Å². The van der Waals surface area contributed by atoms with Gasteiger partial charge in [-0.15, -0.1) is 10.2 Å². The molecule has 1 aliphatic heterocycles. The molecule has 0 unspecified atom stereocenters. The van der Waals surface area contributed by atoms with Gasteiger partial charge in [0, 0.05) is 5.75 Å². The minimum absolute atomic E-state index is 0.0858. The Morgan fingerprint density at radius 2 is 1.76 bits per heavy atom. The maximum Gasteiger partial charge on any atom is 0.212 e. The van der Waals surface area contributed by atoms with Crippen LogP contribution in [0.25, 0.3) is 11.4 Å². The average molecular weight is 350 g/mol. The van der Waals surface area contributed by atoms with Crippen molar-refractivity contribution in [3.63, 3.8) is 0 Å². The molecule has 0 radical (unpaired) electrons. The van der Waals surface area contributed by atoms with Crippen LogP contribution in [0.5, 0.6) is 5.75 Å². The number of nitrogens with zero attached hydrogens (tertiary/aromatic N) is 4. The maximum atomic E-state index is 5.94. The summed E-state index contributed by atoms with van der Waals surface area (Å²) in [6, 6.07) is 18.1. The van der Waals surface area contributed by atoms with Gasteiger partial charge >= 0.3 is 0 Å². The van der Waals surface area contributed by atoms with Crippen LogP contribution in [-0.2, 0) is 0 Å². The number of aromatic nitrogens is 3. The summed E-state index contributed by atoms with van der Waals surface area (Å²) in [4.78, 5) is 0. The summed E-state index contributed by atoms with van der Waals surface area (Å²) in [7, 11) is 0. The molecule has 0 spiro atoms.